The van der Waals surface area contributed by atoms with E-state index in [0.29, 0.717) is 39.3 Å². The van der Waals surface area contributed by atoms with Gasteiger partial charge < -0.3 is 20.5 Å². The number of ether oxygens (including phenoxy) is 2. The average molecular weight is 587 g/mol. The van der Waals surface area contributed by atoms with Gasteiger partial charge in [-0.05, 0) is 49.9 Å². The first-order valence-corrected chi connectivity index (χ1v) is 14.8. The second-order valence-corrected chi connectivity index (χ2v) is 11.7. The second kappa shape index (κ2) is 12.2. The SMILES string of the molecule is CC1(C)OC[C@@H](CCc2ccc(-c3c(C#N)c(N)nc(SCc4csc(Nc5ccccc5F)n4)c3C#N)cc2)O1. The van der Waals surface area contributed by atoms with Crippen LogP contribution in [-0.2, 0) is 21.6 Å². The van der Waals surface area contributed by atoms with Crippen molar-refractivity contribution in [1.82, 2.24) is 9.97 Å². The average Bonchev–Trinajstić information content (AvgIpc) is 3.56. The number of hydrogen-bond acceptors (Lipinski definition) is 10. The van der Waals surface area contributed by atoms with Crippen LogP contribution >= 0.6 is 23.1 Å². The molecule has 1 atom stereocenters. The number of aryl methyl sites for hydroxylation is 1. The number of thiazole rings is 1. The molecule has 3 N–H and O–H groups in total. The molecule has 0 bridgehead atoms. The van der Waals surface area contributed by atoms with Crippen molar-refractivity contribution in [2.45, 2.75) is 49.4 Å². The van der Waals surface area contributed by atoms with E-state index in [1.165, 1.54) is 29.2 Å². The molecule has 0 saturated carbocycles. The van der Waals surface area contributed by atoms with E-state index in [4.69, 9.17) is 15.2 Å². The van der Waals surface area contributed by atoms with Crippen molar-refractivity contribution < 1.29 is 13.9 Å². The Morgan fingerprint density at radius 3 is 2.56 bits per heavy atom. The van der Waals surface area contributed by atoms with Crippen LogP contribution in [0.25, 0.3) is 11.1 Å². The fraction of sp³-hybridized carbons (Fsp3) is 0.267. The van der Waals surface area contributed by atoms with Gasteiger partial charge in [-0.1, -0.05) is 48.2 Å². The Morgan fingerprint density at radius 2 is 1.88 bits per heavy atom. The Kier molecular flexibility index (Phi) is 8.52. The molecule has 0 amide bonds. The van der Waals surface area contributed by atoms with Crippen molar-refractivity contribution in [3.8, 4) is 23.3 Å². The molecular weight excluding hydrogens is 560 g/mol. The molecular formula is C30H27FN6O2S2. The number of benzene rings is 2. The molecule has 4 aromatic rings. The number of halogens is 1. The zero-order valence-electron chi connectivity index (χ0n) is 22.5. The molecule has 3 heterocycles. The summed E-state index contributed by atoms with van der Waals surface area (Å²) in [5, 5.41) is 25.8. The molecule has 0 unspecified atom stereocenters. The van der Waals surface area contributed by atoms with Gasteiger partial charge >= 0.3 is 0 Å². The highest BCUT2D eigenvalue weighted by atomic mass is 32.2. The van der Waals surface area contributed by atoms with Gasteiger partial charge in [-0.2, -0.15) is 10.5 Å². The number of aromatic nitrogens is 2. The minimum atomic E-state index is -0.548. The first kappa shape index (κ1) is 28.5. The number of nitriles is 2. The molecule has 41 heavy (non-hydrogen) atoms. The third-order valence-electron chi connectivity index (χ3n) is 6.50. The molecule has 11 heteroatoms. The van der Waals surface area contributed by atoms with Gasteiger partial charge in [0.2, 0.25) is 0 Å². The molecule has 2 aromatic heterocycles. The summed E-state index contributed by atoms with van der Waals surface area (Å²) in [5.41, 5.74) is 10.0. The van der Waals surface area contributed by atoms with Crippen LogP contribution in [0.2, 0.25) is 0 Å². The minimum absolute atomic E-state index is 0.0451. The van der Waals surface area contributed by atoms with Gasteiger partial charge in [-0.3, -0.25) is 0 Å². The van der Waals surface area contributed by atoms with Crippen LogP contribution in [0.3, 0.4) is 0 Å². The predicted octanol–water partition coefficient (Wildman–Crippen LogP) is 6.79. The summed E-state index contributed by atoms with van der Waals surface area (Å²) >= 11 is 2.66. The van der Waals surface area contributed by atoms with Crippen LogP contribution in [0.15, 0.2) is 58.9 Å². The number of anilines is 3. The lowest BCUT2D eigenvalue weighted by atomic mass is 9.95. The van der Waals surface area contributed by atoms with E-state index in [9.17, 15) is 14.9 Å². The van der Waals surface area contributed by atoms with E-state index in [1.807, 2.05) is 43.5 Å². The van der Waals surface area contributed by atoms with Crippen molar-refractivity contribution in [2.75, 3.05) is 17.7 Å². The maximum atomic E-state index is 14.0. The van der Waals surface area contributed by atoms with Gasteiger partial charge in [0.1, 0.15) is 34.4 Å². The van der Waals surface area contributed by atoms with E-state index in [2.05, 4.69) is 27.4 Å². The number of pyridine rings is 1. The van der Waals surface area contributed by atoms with Crippen molar-refractivity contribution in [3.05, 3.63) is 82.1 Å². The van der Waals surface area contributed by atoms with Gasteiger partial charge in [0.15, 0.2) is 10.9 Å². The first-order valence-electron chi connectivity index (χ1n) is 12.9. The van der Waals surface area contributed by atoms with E-state index in [1.54, 1.807) is 18.2 Å². The topological polar surface area (TPSA) is 130 Å². The molecule has 1 aliphatic heterocycles. The zero-order chi connectivity index (χ0) is 29.0. The smallest absolute Gasteiger partial charge is 0.187 e. The highest BCUT2D eigenvalue weighted by Gasteiger charge is 2.32. The third-order valence-corrected chi connectivity index (χ3v) is 8.32. The van der Waals surface area contributed by atoms with Gasteiger partial charge in [-0.25, -0.2) is 14.4 Å². The number of thioether (sulfide) groups is 1. The van der Waals surface area contributed by atoms with E-state index in [0.717, 1.165) is 24.1 Å². The first-order chi connectivity index (χ1) is 19.8. The largest absolute Gasteiger partial charge is 0.383 e. The second-order valence-electron chi connectivity index (χ2n) is 9.87. The van der Waals surface area contributed by atoms with Crippen LogP contribution < -0.4 is 11.1 Å². The third kappa shape index (κ3) is 6.67. The lowest BCUT2D eigenvalue weighted by Crippen LogP contribution is -2.21. The summed E-state index contributed by atoms with van der Waals surface area (Å²) in [4.78, 5) is 8.91. The zero-order valence-corrected chi connectivity index (χ0v) is 24.1. The Bertz CT molecular complexity index is 1640. The minimum Gasteiger partial charge on any atom is -0.383 e. The molecule has 1 aliphatic rings. The fourth-order valence-electron chi connectivity index (χ4n) is 4.51. The molecule has 8 nitrogen and oxygen atoms in total. The van der Waals surface area contributed by atoms with Crippen LogP contribution in [0.1, 0.15) is 42.7 Å². The van der Waals surface area contributed by atoms with Crippen molar-refractivity contribution in [2.24, 2.45) is 0 Å². The summed E-state index contributed by atoms with van der Waals surface area (Å²) in [6, 6.07) is 18.5. The number of nitrogens with two attached hydrogens (primary N) is 1. The Balaban J connectivity index is 1.33. The standard InChI is InChI=1S/C30H27FN6O2S2/c1-30(2)38-15-21(39-30)12-9-18-7-10-19(11-8-18)26-22(13-32)27(34)37-28(23(26)14-33)40-16-20-17-41-29(35-20)36-25-6-4-3-5-24(25)31/h3-8,10-11,17,21H,9,12,15-16H2,1-2H3,(H2,34,37)(H,35,36)/t21-/m1/s1. The molecule has 0 aliphatic carbocycles. The predicted molar refractivity (Wildman–Crippen MR) is 158 cm³/mol. The number of nitrogens with one attached hydrogen (secondary N) is 1. The maximum Gasteiger partial charge on any atom is 0.187 e. The maximum absolute atomic E-state index is 14.0. The summed E-state index contributed by atoms with van der Waals surface area (Å²) in [6.45, 7) is 4.39. The van der Waals surface area contributed by atoms with Gasteiger partial charge in [-0.15, -0.1) is 11.3 Å². The van der Waals surface area contributed by atoms with Crippen LogP contribution in [-0.4, -0.2) is 28.5 Å². The van der Waals surface area contributed by atoms with Crippen LogP contribution in [0.5, 0.6) is 0 Å². The molecule has 0 radical (unpaired) electrons. The van der Waals surface area contributed by atoms with Gasteiger partial charge in [0.25, 0.3) is 0 Å². The summed E-state index contributed by atoms with van der Waals surface area (Å²) < 4.78 is 25.5. The summed E-state index contributed by atoms with van der Waals surface area (Å²) in [6.07, 6.45) is 1.68. The number of rotatable bonds is 9. The van der Waals surface area contributed by atoms with E-state index >= 15 is 0 Å². The monoisotopic (exact) mass is 586 g/mol. The quantitative estimate of drug-likeness (QED) is 0.204. The van der Waals surface area contributed by atoms with Crippen molar-refractivity contribution in [1.29, 1.82) is 10.5 Å². The number of para-hydroxylation sites is 1. The molecule has 1 fully saturated rings. The summed E-state index contributed by atoms with van der Waals surface area (Å²) in [7, 11) is 0. The normalized spacial score (nSPS) is 15.8. The Labute approximate surface area is 246 Å². The fourth-order valence-corrected chi connectivity index (χ4v) is 6.23. The van der Waals surface area contributed by atoms with Crippen molar-refractivity contribution >= 4 is 39.7 Å². The van der Waals surface area contributed by atoms with E-state index in [-0.39, 0.29) is 28.9 Å². The Morgan fingerprint density at radius 1 is 1.12 bits per heavy atom. The van der Waals surface area contributed by atoms with Gasteiger partial charge in [0.05, 0.1) is 29.7 Å². The lowest BCUT2D eigenvalue weighted by Gasteiger charge is -2.17. The number of nitrogen functional groups attached to an aromatic ring is 1. The van der Waals surface area contributed by atoms with Gasteiger partial charge in [0, 0.05) is 16.7 Å². The van der Waals surface area contributed by atoms with E-state index < -0.39 is 5.79 Å². The number of nitrogens with zero attached hydrogens (tertiary/aromatic N) is 4. The highest BCUT2D eigenvalue weighted by molar-refractivity contribution is 7.98. The van der Waals surface area contributed by atoms with Crippen LogP contribution in [0.4, 0.5) is 21.0 Å². The molecule has 0 spiro atoms. The van der Waals surface area contributed by atoms with Crippen molar-refractivity contribution in [3.63, 3.8) is 0 Å². The molecule has 5 rings (SSSR count). The highest BCUT2D eigenvalue weighted by Crippen LogP contribution is 2.37. The Hall–Kier alpha value is -4.00. The lowest BCUT2D eigenvalue weighted by molar-refractivity contribution is -0.138. The molecule has 1 saturated heterocycles. The summed E-state index contributed by atoms with van der Waals surface area (Å²) in [5.74, 6) is -0.441. The molecule has 2 aromatic carbocycles. The molecule has 208 valence electrons. The van der Waals surface area contributed by atoms with Crippen LogP contribution in [0, 0.1) is 28.5 Å². The number of hydrogen-bond donors (Lipinski definition) is 2.